The quantitative estimate of drug-likeness (QED) is 0.880. The number of hydrogen-bond acceptors (Lipinski definition) is 2. The van der Waals surface area contributed by atoms with Gasteiger partial charge in [-0.1, -0.05) is 19.1 Å². The highest BCUT2D eigenvalue weighted by molar-refractivity contribution is 7.89. The molecule has 1 fully saturated rings. The smallest absolute Gasteiger partial charge is 0.240 e. The molecule has 23 heavy (non-hydrogen) atoms. The lowest BCUT2D eigenvalue weighted by molar-refractivity contribution is 0.581. The van der Waals surface area contributed by atoms with Crippen molar-refractivity contribution in [3.8, 4) is 0 Å². The Bertz CT molecular complexity index is 800. The summed E-state index contributed by atoms with van der Waals surface area (Å²) in [5.41, 5.74) is 4.58. The van der Waals surface area contributed by atoms with Crippen LogP contribution in [0.5, 0.6) is 0 Å². The molecule has 1 aromatic heterocycles. The van der Waals surface area contributed by atoms with E-state index < -0.39 is 10.0 Å². The molecule has 1 saturated carbocycles. The fourth-order valence-corrected chi connectivity index (χ4v) is 4.09. The monoisotopic (exact) mass is 332 g/mol. The lowest BCUT2D eigenvalue weighted by Crippen LogP contribution is -2.23. The van der Waals surface area contributed by atoms with Crippen molar-refractivity contribution in [2.75, 3.05) is 0 Å². The van der Waals surface area contributed by atoms with E-state index in [1.54, 1.807) is 12.1 Å². The Balaban J connectivity index is 1.75. The van der Waals surface area contributed by atoms with E-state index in [4.69, 9.17) is 0 Å². The molecule has 1 heterocycles. The molecule has 1 aliphatic carbocycles. The van der Waals surface area contributed by atoms with E-state index in [2.05, 4.69) is 36.1 Å². The summed E-state index contributed by atoms with van der Waals surface area (Å²) in [6, 6.07) is 9.79. The van der Waals surface area contributed by atoms with Gasteiger partial charge in [-0.3, -0.25) is 0 Å². The largest absolute Gasteiger partial charge is 0.346 e. The summed E-state index contributed by atoms with van der Waals surface area (Å²) >= 11 is 0. The summed E-state index contributed by atoms with van der Waals surface area (Å²) in [4.78, 5) is 0.325. The van der Waals surface area contributed by atoms with Gasteiger partial charge in [0.2, 0.25) is 10.0 Å². The van der Waals surface area contributed by atoms with Crippen molar-refractivity contribution in [1.29, 1.82) is 0 Å². The number of nitrogens with zero attached hydrogens (tertiary/aromatic N) is 1. The van der Waals surface area contributed by atoms with Crippen LogP contribution in [-0.2, 0) is 23.0 Å². The van der Waals surface area contributed by atoms with Gasteiger partial charge in [-0.25, -0.2) is 13.1 Å². The molecule has 0 atom stereocenters. The van der Waals surface area contributed by atoms with Crippen LogP contribution < -0.4 is 4.72 Å². The standard InChI is InChI=1S/C18H24N2O2S/c1-4-15-5-9-18(10-6-15)23(21,22)19-12-16-11-13(2)20(14(16)3)17-7-8-17/h5-6,9-11,17,19H,4,7-8,12H2,1-3H3. The number of rotatable bonds is 6. The Morgan fingerprint density at radius 1 is 1.17 bits per heavy atom. The second kappa shape index (κ2) is 6.13. The van der Waals surface area contributed by atoms with Crippen LogP contribution in [0.2, 0.25) is 0 Å². The highest BCUT2D eigenvalue weighted by Gasteiger charge is 2.27. The predicted molar refractivity (Wildman–Crippen MR) is 92.0 cm³/mol. The average molecular weight is 332 g/mol. The van der Waals surface area contributed by atoms with Crippen molar-refractivity contribution in [1.82, 2.24) is 9.29 Å². The van der Waals surface area contributed by atoms with Gasteiger partial charge in [0.05, 0.1) is 4.90 Å². The molecule has 1 N–H and O–H groups in total. The van der Waals surface area contributed by atoms with Gasteiger partial charge in [0, 0.05) is 24.0 Å². The number of benzene rings is 1. The van der Waals surface area contributed by atoms with Crippen molar-refractivity contribution in [2.45, 2.75) is 57.5 Å². The fourth-order valence-electron chi connectivity index (χ4n) is 3.08. The maximum Gasteiger partial charge on any atom is 0.240 e. The lowest BCUT2D eigenvalue weighted by Gasteiger charge is -2.09. The van der Waals surface area contributed by atoms with Crippen molar-refractivity contribution in [3.63, 3.8) is 0 Å². The van der Waals surface area contributed by atoms with Gasteiger partial charge in [-0.05, 0) is 62.4 Å². The minimum atomic E-state index is -3.47. The number of aryl methyl sites for hydroxylation is 2. The Morgan fingerprint density at radius 2 is 1.83 bits per heavy atom. The van der Waals surface area contributed by atoms with Gasteiger partial charge in [0.25, 0.3) is 0 Å². The van der Waals surface area contributed by atoms with E-state index in [-0.39, 0.29) is 0 Å². The summed E-state index contributed by atoms with van der Waals surface area (Å²) in [6.07, 6.45) is 3.36. The third-order valence-corrected chi connectivity index (χ3v) is 6.01. The summed E-state index contributed by atoms with van der Waals surface area (Å²) in [5.74, 6) is 0. The molecule has 5 heteroatoms. The molecule has 0 saturated heterocycles. The molecule has 0 bridgehead atoms. The molecule has 0 radical (unpaired) electrons. The first-order valence-corrected chi connectivity index (χ1v) is 9.66. The normalized spacial score (nSPS) is 15.1. The first kappa shape index (κ1) is 16.3. The number of aromatic nitrogens is 1. The van der Waals surface area contributed by atoms with Gasteiger partial charge in [0.1, 0.15) is 0 Å². The van der Waals surface area contributed by atoms with Crippen molar-refractivity contribution < 1.29 is 8.42 Å². The Labute approximate surface area is 138 Å². The first-order valence-electron chi connectivity index (χ1n) is 8.18. The van der Waals surface area contributed by atoms with Crippen LogP contribution in [0.3, 0.4) is 0 Å². The minimum absolute atomic E-state index is 0.325. The van der Waals surface area contributed by atoms with E-state index in [9.17, 15) is 8.42 Å². The van der Waals surface area contributed by atoms with Crippen molar-refractivity contribution in [3.05, 3.63) is 52.8 Å². The Kier molecular flexibility index (Phi) is 4.34. The Morgan fingerprint density at radius 3 is 2.39 bits per heavy atom. The molecule has 0 amide bonds. The first-order chi connectivity index (χ1) is 10.9. The molecule has 124 valence electrons. The predicted octanol–water partition coefficient (Wildman–Crippen LogP) is 3.48. The third-order valence-electron chi connectivity index (χ3n) is 4.60. The average Bonchev–Trinajstić information content (AvgIpc) is 3.32. The van der Waals surface area contributed by atoms with E-state index in [0.717, 1.165) is 17.5 Å². The van der Waals surface area contributed by atoms with Crippen LogP contribution in [0.1, 0.15) is 48.3 Å². The summed E-state index contributed by atoms with van der Waals surface area (Å²) in [5, 5.41) is 0. The van der Waals surface area contributed by atoms with Gasteiger partial charge in [-0.2, -0.15) is 0 Å². The van der Waals surface area contributed by atoms with Crippen LogP contribution in [0, 0.1) is 13.8 Å². The maximum absolute atomic E-state index is 12.4. The highest BCUT2D eigenvalue weighted by atomic mass is 32.2. The molecule has 2 aromatic rings. The molecule has 1 aliphatic rings. The summed E-state index contributed by atoms with van der Waals surface area (Å²) < 4.78 is 29.9. The highest BCUT2D eigenvalue weighted by Crippen LogP contribution is 2.38. The van der Waals surface area contributed by atoms with E-state index in [0.29, 0.717) is 17.5 Å². The van der Waals surface area contributed by atoms with E-state index >= 15 is 0 Å². The summed E-state index contributed by atoms with van der Waals surface area (Å²) in [7, 11) is -3.47. The van der Waals surface area contributed by atoms with E-state index in [1.165, 1.54) is 24.2 Å². The van der Waals surface area contributed by atoms with Crippen LogP contribution in [-0.4, -0.2) is 13.0 Å². The second-order valence-electron chi connectivity index (χ2n) is 6.32. The van der Waals surface area contributed by atoms with Gasteiger partial charge < -0.3 is 4.57 Å². The molecule has 4 nitrogen and oxygen atoms in total. The molecule has 3 rings (SSSR count). The molecule has 0 aliphatic heterocycles. The zero-order chi connectivity index (χ0) is 16.6. The third kappa shape index (κ3) is 3.35. The van der Waals surface area contributed by atoms with Crippen LogP contribution >= 0.6 is 0 Å². The molecule has 0 unspecified atom stereocenters. The number of sulfonamides is 1. The topological polar surface area (TPSA) is 51.1 Å². The molecular formula is C18H24N2O2S. The second-order valence-corrected chi connectivity index (χ2v) is 8.09. The maximum atomic E-state index is 12.4. The zero-order valence-electron chi connectivity index (χ0n) is 14.0. The van der Waals surface area contributed by atoms with Crippen LogP contribution in [0.4, 0.5) is 0 Å². The van der Waals surface area contributed by atoms with Gasteiger partial charge in [-0.15, -0.1) is 0 Å². The van der Waals surface area contributed by atoms with E-state index in [1.807, 2.05) is 12.1 Å². The Hall–Kier alpha value is -1.59. The fraction of sp³-hybridized carbons (Fsp3) is 0.444. The number of hydrogen-bond donors (Lipinski definition) is 1. The summed E-state index contributed by atoms with van der Waals surface area (Å²) in [6.45, 7) is 6.55. The minimum Gasteiger partial charge on any atom is -0.346 e. The molecular weight excluding hydrogens is 308 g/mol. The van der Waals surface area contributed by atoms with Gasteiger partial charge >= 0.3 is 0 Å². The SMILES string of the molecule is CCc1ccc(S(=O)(=O)NCc2cc(C)n(C3CC3)c2C)cc1. The molecule has 1 aromatic carbocycles. The van der Waals surface area contributed by atoms with Gasteiger partial charge in [0.15, 0.2) is 0 Å². The van der Waals surface area contributed by atoms with Crippen LogP contribution in [0.15, 0.2) is 35.2 Å². The number of nitrogens with one attached hydrogen (secondary N) is 1. The zero-order valence-corrected chi connectivity index (χ0v) is 14.8. The lowest BCUT2D eigenvalue weighted by atomic mass is 10.2. The van der Waals surface area contributed by atoms with Crippen LogP contribution in [0.25, 0.3) is 0 Å². The van der Waals surface area contributed by atoms with Crippen molar-refractivity contribution >= 4 is 10.0 Å². The molecule has 0 spiro atoms. The van der Waals surface area contributed by atoms with Crippen molar-refractivity contribution in [2.24, 2.45) is 0 Å².